The van der Waals surface area contributed by atoms with Gasteiger partial charge in [0.25, 0.3) is 0 Å². The Hall–Kier alpha value is -1.38. The summed E-state index contributed by atoms with van der Waals surface area (Å²) < 4.78 is 0. The van der Waals surface area contributed by atoms with Gasteiger partial charge in [0.2, 0.25) is 0 Å². The minimum Gasteiger partial charge on any atom is -0.508 e. The molecule has 0 saturated carbocycles. The highest BCUT2D eigenvalue weighted by atomic mass is 16.3. The first kappa shape index (κ1) is 9.71. The van der Waals surface area contributed by atoms with Crippen LogP contribution in [0.3, 0.4) is 0 Å². The normalized spacial score (nSPS) is 10.5. The Kier molecular flexibility index (Phi) is 2.66. The summed E-state index contributed by atoms with van der Waals surface area (Å²) >= 11 is 0. The number of rotatable bonds is 2. The van der Waals surface area contributed by atoms with Crippen LogP contribution in [0.2, 0.25) is 0 Å². The summed E-state index contributed by atoms with van der Waals surface area (Å²) in [6.45, 7) is 5.66. The summed E-state index contributed by atoms with van der Waals surface area (Å²) in [6, 6.07) is 3.22. The molecule has 0 aliphatic rings. The quantitative estimate of drug-likeness (QED) is 0.708. The smallest absolute Gasteiger partial charge is 0.118 e. The van der Waals surface area contributed by atoms with Crippen molar-refractivity contribution in [2.75, 3.05) is 0 Å². The van der Waals surface area contributed by atoms with Crippen LogP contribution < -0.4 is 0 Å². The SMILES string of the molecule is Cc1cc(N=O)c(C(C)C)cc1O. The average Bonchev–Trinajstić information content (AvgIpc) is 2.08. The number of nitrogens with zero attached hydrogens (tertiary/aromatic N) is 1. The van der Waals surface area contributed by atoms with Crippen LogP contribution in [0.25, 0.3) is 0 Å². The van der Waals surface area contributed by atoms with E-state index in [1.165, 1.54) is 0 Å². The zero-order chi connectivity index (χ0) is 10.0. The fourth-order valence-electron chi connectivity index (χ4n) is 1.24. The zero-order valence-corrected chi connectivity index (χ0v) is 8.03. The van der Waals surface area contributed by atoms with E-state index in [1.54, 1.807) is 19.1 Å². The van der Waals surface area contributed by atoms with Crippen molar-refractivity contribution in [1.82, 2.24) is 0 Å². The summed E-state index contributed by atoms with van der Waals surface area (Å²) in [6.07, 6.45) is 0. The van der Waals surface area contributed by atoms with Crippen molar-refractivity contribution in [2.24, 2.45) is 5.18 Å². The van der Waals surface area contributed by atoms with Gasteiger partial charge in [-0.25, -0.2) is 0 Å². The zero-order valence-electron chi connectivity index (χ0n) is 8.03. The molecule has 0 aliphatic carbocycles. The molecular formula is C10H13NO2. The Morgan fingerprint density at radius 1 is 1.38 bits per heavy atom. The van der Waals surface area contributed by atoms with Crippen molar-refractivity contribution in [3.05, 3.63) is 28.2 Å². The van der Waals surface area contributed by atoms with Gasteiger partial charge in [0, 0.05) is 0 Å². The van der Waals surface area contributed by atoms with Gasteiger partial charge in [-0.15, -0.1) is 4.91 Å². The van der Waals surface area contributed by atoms with Crippen LogP contribution in [0.1, 0.15) is 30.9 Å². The summed E-state index contributed by atoms with van der Waals surface area (Å²) in [5.41, 5.74) is 1.89. The number of benzene rings is 1. The van der Waals surface area contributed by atoms with Crippen molar-refractivity contribution in [3.8, 4) is 5.75 Å². The van der Waals surface area contributed by atoms with Gasteiger partial charge in [0.1, 0.15) is 11.4 Å². The molecule has 1 aromatic carbocycles. The fraction of sp³-hybridized carbons (Fsp3) is 0.400. The molecular weight excluding hydrogens is 166 g/mol. The minimum atomic E-state index is 0.194. The molecule has 0 spiro atoms. The van der Waals surface area contributed by atoms with E-state index in [0.29, 0.717) is 11.3 Å². The second-order valence-electron chi connectivity index (χ2n) is 3.44. The number of aromatic hydroxyl groups is 1. The maximum atomic E-state index is 10.5. The molecule has 0 atom stereocenters. The van der Waals surface area contributed by atoms with Crippen LogP contribution in [0, 0.1) is 11.8 Å². The first-order valence-electron chi connectivity index (χ1n) is 4.23. The van der Waals surface area contributed by atoms with Crippen LogP contribution in [0.15, 0.2) is 17.3 Å². The molecule has 0 heterocycles. The van der Waals surface area contributed by atoms with Crippen LogP contribution in [0.4, 0.5) is 5.69 Å². The van der Waals surface area contributed by atoms with E-state index in [2.05, 4.69) is 5.18 Å². The molecule has 3 nitrogen and oxygen atoms in total. The van der Waals surface area contributed by atoms with Crippen molar-refractivity contribution in [1.29, 1.82) is 0 Å². The Morgan fingerprint density at radius 2 is 2.00 bits per heavy atom. The van der Waals surface area contributed by atoms with E-state index >= 15 is 0 Å². The van der Waals surface area contributed by atoms with Crippen LogP contribution in [0.5, 0.6) is 5.75 Å². The third kappa shape index (κ3) is 1.86. The molecule has 3 heteroatoms. The number of hydrogen-bond donors (Lipinski definition) is 1. The third-order valence-corrected chi connectivity index (χ3v) is 2.07. The maximum absolute atomic E-state index is 10.5. The van der Waals surface area contributed by atoms with Crippen molar-refractivity contribution in [3.63, 3.8) is 0 Å². The third-order valence-electron chi connectivity index (χ3n) is 2.07. The van der Waals surface area contributed by atoms with Gasteiger partial charge >= 0.3 is 0 Å². The van der Waals surface area contributed by atoms with Crippen molar-refractivity contribution >= 4 is 5.69 Å². The highest BCUT2D eigenvalue weighted by Crippen LogP contribution is 2.32. The predicted molar refractivity (Wildman–Crippen MR) is 52.4 cm³/mol. The van der Waals surface area contributed by atoms with Gasteiger partial charge < -0.3 is 5.11 Å². The van der Waals surface area contributed by atoms with Gasteiger partial charge in [-0.05, 0) is 41.3 Å². The fourth-order valence-corrected chi connectivity index (χ4v) is 1.24. The minimum absolute atomic E-state index is 0.194. The van der Waals surface area contributed by atoms with Gasteiger partial charge in [-0.1, -0.05) is 13.8 Å². The molecule has 1 N–H and O–H groups in total. The first-order chi connectivity index (χ1) is 6.06. The Morgan fingerprint density at radius 3 is 2.46 bits per heavy atom. The lowest BCUT2D eigenvalue weighted by Gasteiger charge is -2.09. The molecule has 0 aromatic heterocycles. The standard InChI is InChI=1S/C10H13NO2/c1-6(2)8-5-10(12)7(3)4-9(8)11-13/h4-6,12H,1-3H3. The number of phenolic OH excluding ortho intramolecular Hbond substituents is 1. The lowest BCUT2D eigenvalue weighted by atomic mass is 9.99. The van der Waals surface area contributed by atoms with E-state index in [0.717, 1.165) is 5.56 Å². The molecule has 0 aliphatic heterocycles. The monoisotopic (exact) mass is 179 g/mol. The molecule has 13 heavy (non-hydrogen) atoms. The summed E-state index contributed by atoms with van der Waals surface area (Å²) in [4.78, 5) is 10.5. The topological polar surface area (TPSA) is 49.7 Å². The molecule has 1 aromatic rings. The molecule has 0 radical (unpaired) electrons. The van der Waals surface area contributed by atoms with Crippen LogP contribution in [-0.2, 0) is 0 Å². The van der Waals surface area contributed by atoms with Crippen molar-refractivity contribution < 1.29 is 5.11 Å². The van der Waals surface area contributed by atoms with Gasteiger partial charge in [-0.2, -0.15) is 0 Å². The predicted octanol–water partition coefficient (Wildman–Crippen LogP) is 3.22. The lowest BCUT2D eigenvalue weighted by Crippen LogP contribution is -1.89. The Balaban J connectivity index is 3.32. The van der Waals surface area contributed by atoms with Gasteiger partial charge in [0.15, 0.2) is 0 Å². The summed E-state index contributed by atoms with van der Waals surface area (Å²) in [5, 5.41) is 12.4. The molecule has 70 valence electrons. The second-order valence-corrected chi connectivity index (χ2v) is 3.44. The Bertz CT molecular complexity index is 332. The molecule has 1 rings (SSSR count). The highest BCUT2D eigenvalue weighted by molar-refractivity contribution is 5.54. The van der Waals surface area contributed by atoms with E-state index in [-0.39, 0.29) is 11.7 Å². The van der Waals surface area contributed by atoms with Crippen molar-refractivity contribution in [2.45, 2.75) is 26.7 Å². The number of phenols is 1. The molecule has 0 unspecified atom stereocenters. The molecule has 0 saturated heterocycles. The van der Waals surface area contributed by atoms with E-state index in [9.17, 15) is 10.0 Å². The van der Waals surface area contributed by atoms with E-state index in [1.807, 2.05) is 13.8 Å². The molecule has 0 bridgehead atoms. The van der Waals surface area contributed by atoms with E-state index < -0.39 is 0 Å². The number of aryl methyl sites for hydroxylation is 1. The molecule has 0 fully saturated rings. The summed E-state index contributed by atoms with van der Waals surface area (Å²) in [7, 11) is 0. The van der Waals surface area contributed by atoms with E-state index in [4.69, 9.17) is 0 Å². The number of hydrogen-bond acceptors (Lipinski definition) is 3. The van der Waals surface area contributed by atoms with Crippen LogP contribution in [-0.4, -0.2) is 5.11 Å². The molecule has 0 amide bonds. The second kappa shape index (κ2) is 3.56. The lowest BCUT2D eigenvalue weighted by molar-refractivity contribution is 0.470. The van der Waals surface area contributed by atoms with Gasteiger partial charge in [0.05, 0.1) is 0 Å². The average molecular weight is 179 g/mol. The highest BCUT2D eigenvalue weighted by Gasteiger charge is 2.10. The van der Waals surface area contributed by atoms with Gasteiger partial charge in [-0.3, -0.25) is 0 Å². The maximum Gasteiger partial charge on any atom is 0.118 e. The number of nitroso groups, excluding NO2 is 1. The Labute approximate surface area is 77.4 Å². The largest absolute Gasteiger partial charge is 0.508 e. The summed E-state index contributed by atoms with van der Waals surface area (Å²) in [5.74, 6) is 0.412. The van der Waals surface area contributed by atoms with Crippen LogP contribution >= 0.6 is 0 Å². The first-order valence-corrected chi connectivity index (χ1v) is 4.23.